The summed E-state index contributed by atoms with van der Waals surface area (Å²) in [6.07, 6.45) is 26.0. The Labute approximate surface area is 138 Å². The Balaban J connectivity index is 2.05. The molecule has 2 heteroatoms. The first-order valence-electron chi connectivity index (χ1n) is 9.89. The van der Waals surface area contributed by atoms with Crippen molar-refractivity contribution in [3.05, 3.63) is 12.2 Å². The Kier molecular flexibility index (Phi) is 15.2. The van der Waals surface area contributed by atoms with Crippen molar-refractivity contribution in [2.24, 2.45) is 0 Å². The topological polar surface area (TPSA) is 18.5 Å². The van der Waals surface area contributed by atoms with E-state index in [0.29, 0.717) is 0 Å². The van der Waals surface area contributed by atoms with Crippen LogP contribution in [0.1, 0.15) is 103 Å². The summed E-state index contributed by atoms with van der Waals surface area (Å²) in [5.41, 5.74) is 0. The van der Waals surface area contributed by atoms with Crippen molar-refractivity contribution < 1.29 is 9.78 Å². The van der Waals surface area contributed by atoms with Gasteiger partial charge in [-0.1, -0.05) is 76.4 Å². The third kappa shape index (κ3) is 14.6. The third-order valence-corrected chi connectivity index (χ3v) is 4.45. The zero-order valence-electron chi connectivity index (χ0n) is 14.7. The second-order valence-electron chi connectivity index (χ2n) is 6.64. The average molecular weight is 311 g/mol. The second kappa shape index (κ2) is 17.0. The van der Waals surface area contributed by atoms with Gasteiger partial charge < -0.3 is 0 Å². The van der Waals surface area contributed by atoms with E-state index >= 15 is 0 Å². The molecule has 0 aromatic heterocycles. The van der Waals surface area contributed by atoms with Gasteiger partial charge in [0, 0.05) is 0 Å². The van der Waals surface area contributed by atoms with Crippen molar-refractivity contribution >= 4 is 0 Å². The maximum Gasteiger partial charge on any atom is 0.0822 e. The zero-order valence-corrected chi connectivity index (χ0v) is 14.7. The Bertz CT molecular complexity index is 214. The molecule has 0 saturated carbocycles. The molecule has 0 fully saturated rings. The van der Waals surface area contributed by atoms with Crippen molar-refractivity contribution in [3.8, 4) is 0 Å². The van der Waals surface area contributed by atoms with Crippen LogP contribution >= 0.6 is 0 Å². The van der Waals surface area contributed by atoms with Crippen molar-refractivity contribution in [2.45, 2.75) is 103 Å². The van der Waals surface area contributed by atoms with Crippen molar-refractivity contribution in [1.82, 2.24) is 0 Å². The van der Waals surface area contributed by atoms with Crippen LogP contribution in [-0.2, 0) is 9.78 Å². The van der Waals surface area contributed by atoms with Gasteiger partial charge in [0.2, 0.25) is 0 Å². The number of hydrogen-bond donors (Lipinski definition) is 0. The fourth-order valence-electron chi connectivity index (χ4n) is 2.97. The van der Waals surface area contributed by atoms with E-state index in [9.17, 15) is 0 Å². The normalized spacial score (nSPS) is 23.3. The first-order chi connectivity index (χ1) is 11.0. The van der Waals surface area contributed by atoms with Crippen LogP contribution in [0.5, 0.6) is 0 Å². The van der Waals surface area contributed by atoms with Gasteiger partial charge in [0.25, 0.3) is 0 Å². The van der Waals surface area contributed by atoms with Crippen LogP contribution in [0.3, 0.4) is 0 Å². The predicted molar refractivity (Wildman–Crippen MR) is 94.9 cm³/mol. The molecule has 0 unspecified atom stereocenters. The SMILES string of the molecule is C1=CCCCCCCCCOOCCCCCCCCCC1. The molecule has 0 aliphatic carbocycles. The van der Waals surface area contributed by atoms with Crippen LogP contribution < -0.4 is 0 Å². The largest absolute Gasteiger partial charge is 0.237 e. The summed E-state index contributed by atoms with van der Waals surface area (Å²) < 4.78 is 0. The molecule has 1 aliphatic heterocycles. The molecule has 0 bridgehead atoms. The molecule has 0 N–H and O–H groups in total. The van der Waals surface area contributed by atoms with E-state index < -0.39 is 0 Å². The third-order valence-electron chi connectivity index (χ3n) is 4.45. The molecular formula is C20H38O2. The zero-order chi connectivity index (χ0) is 15.6. The molecule has 0 amide bonds. The van der Waals surface area contributed by atoms with Gasteiger partial charge >= 0.3 is 0 Å². The summed E-state index contributed by atoms with van der Waals surface area (Å²) in [5.74, 6) is 0. The lowest BCUT2D eigenvalue weighted by molar-refractivity contribution is -0.295. The lowest BCUT2D eigenvalue weighted by atomic mass is 10.1. The first kappa shape index (κ1) is 19.7. The Morgan fingerprint density at radius 2 is 0.682 bits per heavy atom. The highest BCUT2D eigenvalue weighted by Crippen LogP contribution is 2.11. The summed E-state index contributed by atoms with van der Waals surface area (Å²) in [6.45, 7) is 1.54. The molecule has 1 heterocycles. The van der Waals surface area contributed by atoms with Gasteiger partial charge in [0.05, 0.1) is 13.2 Å². The molecule has 0 radical (unpaired) electrons. The Morgan fingerprint density at radius 3 is 1.09 bits per heavy atom. The van der Waals surface area contributed by atoms with Crippen LogP contribution in [-0.4, -0.2) is 13.2 Å². The van der Waals surface area contributed by atoms with Crippen LogP contribution in [0.4, 0.5) is 0 Å². The van der Waals surface area contributed by atoms with E-state index in [2.05, 4.69) is 12.2 Å². The summed E-state index contributed by atoms with van der Waals surface area (Å²) in [4.78, 5) is 10.5. The van der Waals surface area contributed by atoms with Gasteiger partial charge in [-0.2, -0.15) is 0 Å². The van der Waals surface area contributed by atoms with E-state index in [1.165, 1.54) is 89.9 Å². The maximum absolute atomic E-state index is 5.24. The highest BCUT2D eigenvalue weighted by Gasteiger charge is 1.95. The molecule has 0 aromatic carbocycles. The molecule has 0 aromatic rings. The average Bonchev–Trinajstić information content (AvgIpc) is 2.53. The molecule has 22 heavy (non-hydrogen) atoms. The highest BCUT2D eigenvalue weighted by molar-refractivity contribution is 4.81. The van der Waals surface area contributed by atoms with Crippen molar-refractivity contribution in [2.75, 3.05) is 13.2 Å². The first-order valence-corrected chi connectivity index (χ1v) is 9.89. The summed E-state index contributed by atoms with van der Waals surface area (Å²) in [5, 5.41) is 0. The number of allylic oxidation sites excluding steroid dienone is 2. The number of rotatable bonds is 0. The summed E-state index contributed by atoms with van der Waals surface area (Å²) in [7, 11) is 0. The molecule has 0 atom stereocenters. The fraction of sp³-hybridized carbons (Fsp3) is 0.900. The van der Waals surface area contributed by atoms with Crippen LogP contribution in [0.15, 0.2) is 12.2 Å². The second-order valence-corrected chi connectivity index (χ2v) is 6.64. The molecule has 1 aliphatic rings. The van der Waals surface area contributed by atoms with E-state index in [1.54, 1.807) is 0 Å². The molecule has 0 spiro atoms. The predicted octanol–water partition coefficient (Wildman–Crippen LogP) is 6.75. The molecular weight excluding hydrogens is 272 g/mol. The summed E-state index contributed by atoms with van der Waals surface area (Å²) in [6, 6.07) is 0. The molecule has 1 rings (SSSR count). The van der Waals surface area contributed by atoms with Crippen LogP contribution in [0.2, 0.25) is 0 Å². The van der Waals surface area contributed by atoms with E-state index in [0.717, 1.165) is 26.1 Å². The lowest BCUT2D eigenvalue weighted by Gasteiger charge is -2.05. The van der Waals surface area contributed by atoms with Crippen LogP contribution in [0, 0.1) is 0 Å². The number of hydrogen-bond acceptors (Lipinski definition) is 2. The van der Waals surface area contributed by atoms with Gasteiger partial charge in [-0.05, 0) is 38.5 Å². The van der Waals surface area contributed by atoms with E-state index in [1.807, 2.05) is 0 Å². The minimum atomic E-state index is 0.767. The Hall–Kier alpha value is -0.340. The maximum atomic E-state index is 5.24. The standard InChI is InChI=1S/C20H38O2/c1-2-4-6-8-10-12-14-16-18-20-22-21-19-17-15-13-11-9-7-5-3-1/h1,3H,2,4-20H2. The smallest absolute Gasteiger partial charge is 0.0822 e. The molecule has 2 nitrogen and oxygen atoms in total. The van der Waals surface area contributed by atoms with Crippen molar-refractivity contribution in [1.29, 1.82) is 0 Å². The van der Waals surface area contributed by atoms with Crippen LogP contribution in [0.25, 0.3) is 0 Å². The van der Waals surface area contributed by atoms with Crippen molar-refractivity contribution in [3.63, 3.8) is 0 Å². The summed E-state index contributed by atoms with van der Waals surface area (Å²) >= 11 is 0. The van der Waals surface area contributed by atoms with E-state index in [4.69, 9.17) is 9.78 Å². The van der Waals surface area contributed by atoms with Gasteiger partial charge in [-0.15, -0.1) is 0 Å². The van der Waals surface area contributed by atoms with Gasteiger partial charge in [0.15, 0.2) is 0 Å². The minimum absolute atomic E-state index is 0.767. The molecule has 0 saturated heterocycles. The van der Waals surface area contributed by atoms with Gasteiger partial charge in [0.1, 0.15) is 0 Å². The monoisotopic (exact) mass is 310 g/mol. The minimum Gasteiger partial charge on any atom is -0.237 e. The highest BCUT2D eigenvalue weighted by atomic mass is 17.2. The molecule has 130 valence electrons. The van der Waals surface area contributed by atoms with Gasteiger partial charge in [-0.3, -0.25) is 0 Å². The lowest BCUT2D eigenvalue weighted by Crippen LogP contribution is -1.99. The van der Waals surface area contributed by atoms with Gasteiger partial charge in [-0.25, -0.2) is 9.78 Å². The van der Waals surface area contributed by atoms with E-state index in [-0.39, 0.29) is 0 Å². The quantitative estimate of drug-likeness (QED) is 0.364. The Morgan fingerprint density at radius 1 is 0.364 bits per heavy atom. The fourth-order valence-corrected chi connectivity index (χ4v) is 2.97.